The van der Waals surface area contributed by atoms with Crippen molar-refractivity contribution in [2.75, 3.05) is 18.0 Å². The van der Waals surface area contributed by atoms with Gasteiger partial charge in [-0.05, 0) is 68.5 Å². The Morgan fingerprint density at radius 3 is 2.28 bits per heavy atom. The molecule has 8 nitrogen and oxygen atoms in total. The summed E-state index contributed by atoms with van der Waals surface area (Å²) in [5.41, 5.74) is 2.96. The van der Waals surface area contributed by atoms with Crippen LogP contribution in [0.4, 0.5) is 5.69 Å². The van der Waals surface area contributed by atoms with Gasteiger partial charge in [0.2, 0.25) is 11.8 Å². The Balaban J connectivity index is 1.75. The molecule has 3 aromatic carbocycles. The fourth-order valence-corrected chi connectivity index (χ4v) is 7.14. The van der Waals surface area contributed by atoms with E-state index in [9.17, 15) is 18.0 Å². The third-order valence-corrected chi connectivity index (χ3v) is 9.76. The molecule has 1 aliphatic rings. The summed E-state index contributed by atoms with van der Waals surface area (Å²) in [4.78, 5) is 29.7. The van der Waals surface area contributed by atoms with Crippen LogP contribution >= 0.6 is 0 Å². The molecule has 0 heterocycles. The van der Waals surface area contributed by atoms with E-state index >= 15 is 0 Å². The van der Waals surface area contributed by atoms with Crippen LogP contribution < -0.4 is 14.4 Å². The number of hydrogen-bond donors (Lipinski definition) is 1. The fourth-order valence-electron chi connectivity index (χ4n) is 5.70. The van der Waals surface area contributed by atoms with Gasteiger partial charge in [0.25, 0.3) is 10.0 Å². The van der Waals surface area contributed by atoms with Crippen LogP contribution in [0.15, 0.2) is 77.7 Å². The number of aryl methyl sites for hydroxylation is 2. The first-order valence-corrected chi connectivity index (χ1v) is 16.5. The van der Waals surface area contributed by atoms with Crippen LogP contribution in [0.5, 0.6) is 5.75 Å². The molecule has 43 heavy (non-hydrogen) atoms. The molecule has 0 bridgehead atoms. The van der Waals surface area contributed by atoms with Gasteiger partial charge in [-0.2, -0.15) is 0 Å². The summed E-state index contributed by atoms with van der Waals surface area (Å²) < 4.78 is 34.9. The molecule has 1 aliphatic carbocycles. The summed E-state index contributed by atoms with van der Waals surface area (Å²) in [6.07, 6.45) is 5.52. The van der Waals surface area contributed by atoms with Crippen LogP contribution in [0.3, 0.4) is 0 Å². The molecule has 0 aliphatic heterocycles. The number of rotatable bonds is 12. The third-order valence-electron chi connectivity index (χ3n) is 7.99. The molecule has 1 unspecified atom stereocenters. The molecule has 1 fully saturated rings. The van der Waals surface area contributed by atoms with E-state index in [0.29, 0.717) is 12.2 Å². The van der Waals surface area contributed by atoms with Crippen LogP contribution in [0.25, 0.3) is 0 Å². The zero-order valence-electron chi connectivity index (χ0n) is 25.6. The van der Waals surface area contributed by atoms with Gasteiger partial charge in [-0.1, -0.05) is 80.3 Å². The van der Waals surface area contributed by atoms with E-state index in [-0.39, 0.29) is 29.1 Å². The van der Waals surface area contributed by atoms with Crippen LogP contribution in [-0.4, -0.2) is 50.9 Å². The van der Waals surface area contributed by atoms with Crippen molar-refractivity contribution in [1.29, 1.82) is 0 Å². The van der Waals surface area contributed by atoms with Gasteiger partial charge in [-0.3, -0.25) is 13.9 Å². The molecule has 0 spiro atoms. The Morgan fingerprint density at radius 2 is 1.63 bits per heavy atom. The molecule has 2 amide bonds. The summed E-state index contributed by atoms with van der Waals surface area (Å²) in [7, 11) is -2.71. The van der Waals surface area contributed by atoms with E-state index in [0.717, 1.165) is 53.1 Å². The molecule has 0 radical (unpaired) electrons. The number of nitrogens with one attached hydrogen (secondary N) is 1. The lowest BCUT2D eigenvalue weighted by Crippen LogP contribution is -2.54. The number of hydrogen-bond acceptors (Lipinski definition) is 5. The zero-order chi connectivity index (χ0) is 31.0. The van der Waals surface area contributed by atoms with Gasteiger partial charge in [0, 0.05) is 12.6 Å². The molecule has 3 aromatic rings. The van der Waals surface area contributed by atoms with E-state index in [1.807, 2.05) is 51.1 Å². The molecule has 0 saturated heterocycles. The minimum atomic E-state index is -4.18. The lowest BCUT2D eigenvalue weighted by atomic mass is 9.95. The van der Waals surface area contributed by atoms with Crippen molar-refractivity contribution >= 4 is 27.5 Å². The number of carbonyl (C=O) groups is 2. The van der Waals surface area contributed by atoms with Gasteiger partial charge in [0.1, 0.15) is 18.3 Å². The van der Waals surface area contributed by atoms with Gasteiger partial charge in [0.05, 0.1) is 17.7 Å². The zero-order valence-corrected chi connectivity index (χ0v) is 26.4. The number of amides is 2. The summed E-state index contributed by atoms with van der Waals surface area (Å²) in [5, 5.41) is 3.18. The van der Waals surface area contributed by atoms with Crippen LogP contribution in [0, 0.1) is 13.8 Å². The number of benzene rings is 3. The predicted octanol–water partition coefficient (Wildman–Crippen LogP) is 5.76. The number of sulfonamides is 1. The molecule has 0 aromatic heterocycles. The molecular formula is C34H43N3O5S. The summed E-state index contributed by atoms with van der Waals surface area (Å²) in [5.74, 6) is -0.360. The highest BCUT2D eigenvalue weighted by Gasteiger charge is 2.35. The largest absolute Gasteiger partial charge is 0.495 e. The molecule has 1 N–H and O–H groups in total. The first kappa shape index (κ1) is 32.1. The lowest BCUT2D eigenvalue weighted by Gasteiger charge is -2.34. The fraction of sp³-hybridized carbons (Fsp3) is 0.412. The standard InChI is InChI=1S/C34H43N3O5S/c1-5-30(34(39)35-28-15-8-6-9-16-28)36(23-27-14-12-13-25(2)21-27)33(38)24-37(31-22-26(3)19-20-32(31)42-4)43(40,41)29-17-10-7-11-18-29/h7,10-14,17-22,28,30H,5-6,8-9,15-16,23-24H2,1-4H3,(H,35,39). The first-order valence-electron chi connectivity index (χ1n) is 15.0. The number of carbonyl (C=O) groups excluding carboxylic acids is 2. The van der Waals surface area contributed by atoms with Gasteiger partial charge in [0.15, 0.2) is 0 Å². The maximum absolute atomic E-state index is 14.4. The molecule has 1 saturated carbocycles. The van der Waals surface area contributed by atoms with Crippen molar-refractivity contribution in [1.82, 2.24) is 10.2 Å². The second-order valence-corrected chi connectivity index (χ2v) is 13.1. The van der Waals surface area contributed by atoms with Crippen LogP contribution in [-0.2, 0) is 26.2 Å². The number of anilines is 1. The van der Waals surface area contributed by atoms with Crippen molar-refractivity contribution in [3.8, 4) is 5.75 Å². The van der Waals surface area contributed by atoms with Gasteiger partial charge in [-0.25, -0.2) is 8.42 Å². The average molecular weight is 606 g/mol. The van der Waals surface area contributed by atoms with Crippen molar-refractivity contribution in [3.05, 3.63) is 89.5 Å². The number of methoxy groups -OCH3 is 1. The lowest BCUT2D eigenvalue weighted by molar-refractivity contribution is -0.140. The second kappa shape index (κ2) is 14.6. The quantitative estimate of drug-likeness (QED) is 0.283. The van der Waals surface area contributed by atoms with E-state index in [1.54, 1.807) is 30.3 Å². The maximum atomic E-state index is 14.4. The van der Waals surface area contributed by atoms with Gasteiger partial charge in [-0.15, -0.1) is 0 Å². The SMILES string of the molecule is CCC(C(=O)NC1CCCCC1)N(Cc1cccc(C)c1)C(=O)CN(c1cc(C)ccc1OC)S(=O)(=O)c1ccccc1. The Morgan fingerprint density at radius 1 is 0.930 bits per heavy atom. The van der Waals surface area contributed by atoms with Gasteiger partial charge >= 0.3 is 0 Å². The van der Waals surface area contributed by atoms with Crippen LogP contribution in [0.2, 0.25) is 0 Å². The average Bonchev–Trinajstić information content (AvgIpc) is 3.00. The highest BCUT2D eigenvalue weighted by Crippen LogP contribution is 2.34. The van der Waals surface area contributed by atoms with Crippen molar-refractivity contribution in [2.45, 2.75) is 82.8 Å². The highest BCUT2D eigenvalue weighted by atomic mass is 32.2. The van der Waals surface area contributed by atoms with E-state index < -0.39 is 28.5 Å². The minimum Gasteiger partial charge on any atom is -0.495 e. The predicted molar refractivity (Wildman–Crippen MR) is 170 cm³/mol. The van der Waals surface area contributed by atoms with E-state index in [4.69, 9.17) is 4.74 Å². The normalized spacial score (nSPS) is 14.5. The van der Waals surface area contributed by atoms with Crippen molar-refractivity contribution < 1.29 is 22.7 Å². The Labute approximate surface area is 256 Å². The summed E-state index contributed by atoms with van der Waals surface area (Å²) in [6, 6.07) is 20.4. The summed E-state index contributed by atoms with van der Waals surface area (Å²) in [6.45, 7) is 5.37. The Kier molecular flexibility index (Phi) is 10.9. The van der Waals surface area contributed by atoms with E-state index in [1.165, 1.54) is 24.1 Å². The summed E-state index contributed by atoms with van der Waals surface area (Å²) >= 11 is 0. The molecule has 4 rings (SSSR count). The van der Waals surface area contributed by atoms with Gasteiger partial charge < -0.3 is 15.0 Å². The number of ether oxygens (including phenoxy) is 1. The third kappa shape index (κ3) is 7.96. The van der Waals surface area contributed by atoms with E-state index in [2.05, 4.69) is 5.32 Å². The van der Waals surface area contributed by atoms with Crippen molar-refractivity contribution in [3.63, 3.8) is 0 Å². The molecular weight excluding hydrogens is 562 g/mol. The Hall–Kier alpha value is -3.85. The molecule has 1 atom stereocenters. The monoisotopic (exact) mass is 605 g/mol. The smallest absolute Gasteiger partial charge is 0.264 e. The highest BCUT2D eigenvalue weighted by molar-refractivity contribution is 7.92. The van der Waals surface area contributed by atoms with Crippen LogP contribution in [0.1, 0.15) is 62.1 Å². The Bertz CT molecular complexity index is 1500. The van der Waals surface area contributed by atoms with Crippen molar-refractivity contribution in [2.24, 2.45) is 0 Å². The molecule has 9 heteroatoms. The maximum Gasteiger partial charge on any atom is 0.264 e. The topological polar surface area (TPSA) is 96.0 Å². The molecule has 230 valence electrons. The first-order chi connectivity index (χ1) is 20.6. The number of nitrogens with zero attached hydrogens (tertiary/aromatic N) is 2. The second-order valence-electron chi connectivity index (χ2n) is 11.3. The minimum absolute atomic E-state index is 0.0543.